The van der Waals surface area contributed by atoms with E-state index in [1.807, 2.05) is 17.0 Å². The van der Waals surface area contributed by atoms with Gasteiger partial charge in [0.1, 0.15) is 5.82 Å². The molecule has 2 fully saturated rings. The molecule has 1 aromatic carbocycles. The van der Waals surface area contributed by atoms with Crippen molar-refractivity contribution in [3.63, 3.8) is 0 Å². The molecule has 12 nitrogen and oxygen atoms in total. The maximum Gasteiger partial charge on any atom is 0.243 e. The molecule has 2 saturated heterocycles. The van der Waals surface area contributed by atoms with E-state index in [0.29, 0.717) is 37.0 Å². The molecule has 0 aliphatic carbocycles. The maximum absolute atomic E-state index is 12.6. The Hall–Kier alpha value is -3.38. The Morgan fingerprint density at radius 3 is 2.45 bits per heavy atom. The van der Waals surface area contributed by atoms with Crippen molar-refractivity contribution in [2.45, 2.75) is 44.6 Å². The first kappa shape index (κ1) is 27.6. The van der Waals surface area contributed by atoms with Gasteiger partial charge in [0.2, 0.25) is 17.8 Å². The lowest BCUT2D eigenvalue weighted by molar-refractivity contribution is -0.132. The lowest BCUT2D eigenvalue weighted by atomic mass is 10.0. The van der Waals surface area contributed by atoms with Gasteiger partial charge in [-0.05, 0) is 45.3 Å². The van der Waals surface area contributed by atoms with Crippen LogP contribution in [0.4, 0.5) is 11.8 Å². The van der Waals surface area contributed by atoms with Gasteiger partial charge in [0, 0.05) is 63.1 Å². The Morgan fingerprint density at radius 1 is 1.00 bits per heavy atom. The van der Waals surface area contributed by atoms with Gasteiger partial charge in [0.25, 0.3) is 0 Å². The number of carbonyl (C=O) groups is 2. The van der Waals surface area contributed by atoms with Gasteiger partial charge in [-0.3, -0.25) is 14.8 Å². The molecular weight excluding hydrogens is 490 g/mol. The molecule has 2 aliphatic heterocycles. The molecule has 0 spiro atoms. The fourth-order valence-corrected chi connectivity index (χ4v) is 5.02. The maximum atomic E-state index is 12.6. The number of ether oxygens (including phenoxy) is 2. The Kier molecular flexibility index (Phi) is 9.40. The Balaban J connectivity index is 1.50. The first-order valence-corrected chi connectivity index (χ1v) is 13.3. The van der Waals surface area contributed by atoms with Crippen LogP contribution in [-0.2, 0) is 9.59 Å². The Labute approximate surface area is 223 Å². The van der Waals surface area contributed by atoms with Gasteiger partial charge in [-0.15, -0.1) is 0 Å². The molecule has 0 radical (unpaired) electrons. The molecule has 208 valence electrons. The number of likely N-dealkylation sites (N-methyl/N-ethyl adjacent to an activating group) is 1. The van der Waals surface area contributed by atoms with Gasteiger partial charge in [-0.1, -0.05) is 0 Å². The molecular formula is C26H39N7O5. The number of hydroxylamine groups is 1. The number of aromatic nitrogens is 2. The summed E-state index contributed by atoms with van der Waals surface area (Å²) in [4.78, 5) is 40.1. The van der Waals surface area contributed by atoms with Crippen LogP contribution in [-0.4, -0.2) is 103 Å². The van der Waals surface area contributed by atoms with E-state index >= 15 is 0 Å². The zero-order valence-electron chi connectivity index (χ0n) is 22.5. The summed E-state index contributed by atoms with van der Waals surface area (Å²) in [5, 5.41) is 13.1. The summed E-state index contributed by atoms with van der Waals surface area (Å²) >= 11 is 0. The molecule has 2 aliphatic rings. The number of methoxy groups -OCH3 is 2. The number of benzene rings is 1. The third-order valence-electron chi connectivity index (χ3n) is 7.30. The second-order valence-electron chi connectivity index (χ2n) is 9.93. The normalized spacial score (nSPS) is 17.3. The van der Waals surface area contributed by atoms with Crippen molar-refractivity contribution in [2.75, 3.05) is 70.8 Å². The van der Waals surface area contributed by atoms with Gasteiger partial charge in [-0.25, -0.2) is 10.5 Å². The number of anilines is 2. The summed E-state index contributed by atoms with van der Waals surface area (Å²) in [6.45, 7) is 5.01. The fourth-order valence-electron chi connectivity index (χ4n) is 5.02. The topological polar surface area (TPSA) is 132 Å². The van der Waals surface area contributed by atoms with E-state index in [0.717, 1.165) is 62.2 Å². The lowest BCUT2D eigenvalue weighted by Gasteiger charge is -2.33. The standard InChI is InChI=1S/C26H39N7O5/c1-31-10-5-11-33(15-14-31)26-28-20-17-22(38-3)21(37-2)16-19(20)25(29-26)27-18-8-12-32(13-9-18)24(35)7-4-6-23(34)30-36/h16-18,36H,4-15H2,1-3H3,(H,30,34)(H,27,28,29). The third-order valence-corrected chi connectivity index (χ3v) is 7.30. The average Bonchev–Trinajstić information content (AvgIpc) is 3.16. The predicted molar refractivity (Wildman–Crippen MR) is 144 cm³/mol. The summed E-state index contributed by atoms with van der Waals surface area (Å²) in [6.07, 6.45) is 3.44. The second kappa shape index (κ2) is 12.9. The van der Waals surface area contributed by atoms with E-state index < -0.39 is 5.91 Å². The number of likely N-dealkylation sites (tertiary alicyclic amines) is 1. The summed E-state index contributed by atoms with van der Waals surface area (Å²) in [6, 6.07) is 3.96. The molecule has 1 aromatic heterocycles. The summed E-state index contributed by atoms with van der Waals surface area (Å²) < 4.78 is 11.1. The number of hydrogen-bond donors (Lipinski definition) is 3. The first-order valence-electron chi connectivity index (χ1n) is 13.3. The minimum absolute atomic E-state index is 0.0342. The minimum Gasteiger partial charge on any atom is -0.493 e. The van der Waals surface area contributed by atoms with E-state index in [-0.39, 0.29) is 24.8 Å². The van der Waals surface area contributed by atoms with E-state index in [4.69, 9.17) is 24.6 Å². The van der Waals surface area contributed by atoms with Crippen LogP contribution in [0.3, 0.4) is 0 Å². The van der Waals surface area contributed by atoms with Crippen LogP contribution in [0, 0.1) is 0 Å². The summed E-state index contributed by atoms with van der Waals surface area (Å²) in [5.74, 6) is 2.25. The highest BCUT2D eigenvalue weighted by Crippen LogP contribution is 2.35. The zero-order valence-corrected chi connectivity index (χ0v) is 22.5. The third kappa shape index (κ3) is 6.73. The number of nitrogens with one attached hydrogen (secondary N) is 2. The molecule has 0 atom stereocenters. The zero-order chi connectivity index (χ0) is 27.1. The number of fused-ring (bicyclic) bond motifs is 1. The number of carbonyl (C=O) groups excluding carboxylic acids is 2. The van der Waals surface area contributed by atoms with Crippen molar-refractivity contribution in [2.24, 2.45) is 0 Å². The Morgan fingerprint density at radius 2 is 1.74 bits per heavy atom. The molecule has 3 heterocycles. The van der Waals surface area contributed by atoms with Crippen LogP contribution in [0.2, 0.25) is 0 Å². The summed E-state index contributed by atoms with van der Waals surface area (Å²) in [5.41, 5.74) is 2.39. The molecule has 0 bridgehead atoms. The SMILES string of the molecule is COc1cc2nc(N3CCCN(C)CC3)nc(NC3CCN(C(=O)CCCC(=O)NO)CC3)c2cc1OC. The van der Waals surface area contributed by atoms with Crippen molar-refractivity contribution in [3.05, 3.63) is 12.1 Å². The molecule has 2 amide bonds. The van der Waals surface area contributed by atoms with Gasteiger partial charge >= 0.3 is 0 Å². The van der Waals surface area contributed by atoms with Crippen LogP contribution in [0.1, 0.15) is 38.5 Å². The number of nitrogens with zero attached hydrogens (tertiary/aromatic N) is 5. The van der Waals surface area contributed by atoms with Crippen molar-refractivity contribution >= 4 is 34.5 Å². The average molecular weight is 530 g/mol. The Bertz CT molecular complexity index is 1120. The van der Waals surface area contributed by atoms with Gasteiger partial charge in [0.15, 0.2) is 11.5 Å². The van der Waals surface area contributed by atoms with Crippen LogP contribution in [0.15, 0.2) is 12.1 Å². The first-order chi connectivity index (χ1) is 18.4. The van der Waals surface area contributed by atoms with E-state index in [2.05, 4.69) is 22.2 Å². The van der Waals surface area contributed by atoms with Gasteiger partial charge < -0.3 is 29.5 Å². The number of piperidine rings is 1. The van der Waals surface area contributed by atoms with Crippen LogP contribution >= 0.6 is 0 Å². The van der Waals surface area contributed by atoms with Crippen molar-refractivity contribution in [1.82, 2.24) is 25.2 Å². The smallest absolute Gasteiger partial charge is 0.243 e. The minimum atomic E-state index is -0.474. The van der Waals surface area contributed by atoms with Crippen LogP contribution in [0.5, 0.6) is 11.5 Å². The predicted octanol–water partition coefficient (Wildman–Crippen LogP) is 1.87. The lowest BCUT2D eigenvalue weighted by Crippen LogP contribution is -2.42. The fraction of sp³-hybridized carbons (Fsp3) is 0.615. The number of rotatable bonds is 9. The second-order valence-corrected chi connectivity index (χ2v) is 9.93. The van der Waals surface area contributed by atoms with Gasteiger partial charge in [-0.2, -0.15) is 4.98 Å². The highest BCUT2D eigenvalue weighted by molar-refractivity contribution is 5.93. The molecule has 2 aromatic rings. The van der Waals surface area contributed by atoms with Crippen LogP contribution in [0.25, 0.3) is 10.9 Å². The van der Waals surface area contributed by atoms with E-state index in [1.165, 1.54) is 0 Å². The molecule has 12 heteroatoms. The van der Waals surface area contributed by atoms with Crippen molar-refractivity contribution in [1.29, 1.82) is 0 Å². The largest absolute Gasteiger partial charge is 0.493 e. The van der Waals surface area contributed by atoms with E-state index in [9.17, 15) is 9.59 Å². The number of hydrogen-bond acceptors (Lipinski definition) is 10. The molecule has 0 saturated carbocycles. The highest BCUT2D eigenvalue weighted by Gasteiger charge is 2.25. The molecule has 3 N–H and O–H groups in total. The van der Waals surface area contributed by atoms with Gasteiger partial charge in [0.05, 0.1) is 19.7 Å². The van der Waals surface area contributed by atoms with E-state index in [1.54, 1.807) is 19.7 Å². The molecule has 4 rings (SSSR count). The van der Waals surface area contributed by atoms with Crippen molar-refractivity contribution in [3.8, 4) is 11.5 Å². The monoisotopic (exact) mass is 529 g/mol. The number of amides is 2. The molecule has 0 unspecified atom stereocenters. The highest BCUT2D eigenvalue weighted by atomic mass is 16.5. The van der Waals surface area contributed by atoms with Crippen LogP contribution < -0.4 is 25.2 Å². The summed E-state index contributed by atoms with van der Waals surface area (Å²) in [7, 11) is 5.37. The quantitative estimate of drug-likeness (QED) is 0.327. The molecule has 38 heavy (non-hydrogen) atoms. The van der Waals surface area contributed by atoms with Crippen molar-refractivity contribution < 1.29 is 24.3 Å².